The molecule has 6 rings (SSSR count). The number of hydrogen-bond donors (Lipinski definition) is 1. The van der Waals surface area contributed by atoms with Gasteiger partial charge in [0.1, 0.15) is 11.2 Å². The molecule has 2 fully saturated rings. The van der Waals surface area contributed by atoms with Crippen LogP contribution in [0.2, 0.25) is 0 Å². The van der Waals surface area contributed by atoms with Crippen LogP contribution in [-0.4, -0.2) is 38.0 Å². The van der Waals surface area contributed by atoms with Crippen molar-refractivity contribution in [3.05, 3.63) is 68.9 Å². The molecule has 1 saturated heterocycles. The van der Waals surface area contributed by atoms with Gasteiger partial charge in [-0.1, -0.05) is 42.5 Å². The lowest BCUT2D eigenvalue weighted by Crippen LogP contribution is -2.39. The lowest BCUT2D eigenvalue weighted by molar-refractivity contribution is 0.571. The predicted molar refractivity (Wildman–Crippen MR) is 130 cm³/mol. The van der Waals surface area contributed by atoms with Gasteiger partial charge in [0, 0.05) is 32.7 Å². The molecule has 1 aliphatic heterocycles. The molecule has 1 atom stereocenters. The molecule has 1 saturated carbocycles. The molecule has 2 aromatic carbocycles. The van der Waals surface area contributed by atoms with Crippen molar-refractivity contribution < 1.29 is 0 Å². The van der Waals surface area contributed by atoms with Crippen molar-refractivity contribution in [3.8, 4) is 0 Å². The largest absolute Gasteiger partial charge is 0.354 e. The Morgan fingerprint density at radius 1 is 1.06 bits per heavy atom. The summed E-state index contributed by atoms with van der Waals surface area (Å²) in [6.07, 6.45) is 3.09. The number of benzene rings is 2. The Bertz CT molecular complexity index is 1490. The van der Waals surface area contributed by atoms with Gasteiger partial charge in [0.25, 0.3) is 5.56 Å². The third kappa shape index (κ3) is 3.36. The Labute approximate surface area is 190 Å². The third-order valence-corrected chi connectivity index (χ3v) is 7.06. The molecule has 8 heteroatoms. The number of anilines is 1. The van der Waals surface area contributed by atoms with E-state index in [0.29, 0.717) is 36.6 Å². The van der Waals surface area contributed by atoms with Gasteiger partial charge >= 0.3 is 5.69 Å². The Kier molecular flexibility index (Phi) is 4.65. The molecule has 0 spiro atoms. The van der Waals surface area contributed by atoms with E-state index in [1.165, 1.54) is 4.57 Å². The molecule has 0 radical (unpaired) electrons. The molecule has 1 unspecified atom stereocenters. The molecule has 3 heterocycles. The first-order valence-corrected chi connectivity index (χ1v) is 11.7. The summed E-state index contributed by atoms with van der Waals surface area (Å²) >= 11 is 0. The van der Waals surface area contributed by atoms with Crippen LogP contribution in [0.5, 0.6) is 0 Å². The monoisotopic (exact) mass is 444 g/mol. The maximum absolute atomic E-state index is 13.4. The van der Waals surface area contributed by atoms with Crippen LogP contribution >= 0.6 is 0 Å². The van der Waals surface area contributed by atoms with Crippen LogP contribution in [0.15, 0.2) is 52.1 Å². The number of nitrogens with zero attached hydrogens (tertiary/aromatic N) is 5. The Morgan fingerprint density at radius 3 is 2.61 bits per heavy atom. The number of nitrogens with two attached hydrogens (primary N) is 1. The summed E-state index contributed by atoms with van der Waals surface area (Å²) in [5, 5.41) is 7.76. The van der Waals surface area contributed by atoms with Crippen LogP contribution in [0, 0.1) is 5.92 Å². The van der Waals surface area contributed by atoms with Gasteiger partial charge in [-0.3, -0.25) is 13.9 Å². The minimum absolute atomic E-state index is 0.0576. The highest BCUT2D eigenvalue weighted by molar-refractivity contribution is 5.89. The molecule has 0 bridgehead atoms. The van der Waals surface area contributed by atoms with Gasteiger partial charge in [0.15, 0.2) is 5.65 Å². The summed E-state index contributed by atoms with van der Waals surface area (Å²) in [6, 6.07) is 14.6. The molecule has 2 aliphatic rings. The van der Waals surface area contributed by atoms with Crippen molar-refractivity contribution in [3.63, 3.8) is 0 Å². The molecule has 0 amide bonds. The SMILES string of the molecule is Cn1c(=O)c2c(N3CCC(N)C3)n(Cc3cccc4ccccc34)nc2n(CC2CC2)c1=O. The topological polar surface area (TPSA) is 91.1 Å². The minimum Gasteiger partial charge on any atom is -0.354 e. The van der Waals surface area contributed by atoms with Crippen LogP contribution in [-0.2, 0) is 20.1 Å². The average Bonchev–Trinajstić information content (AvgIpc) is 3.42. The van der Waals surface area contributed by atoms with Crippen LogP contribution in [0.1, 0.15) is 24.8 Å². The maximum Gasteiger partial charge on any atom is 0.332 e. The van der Waals surface area contributed by atoms with E-state index in [-0.39, 0.29) is 17.3 Å². The molecule has 170 valence electrons. The fraction of sp³-hybridized carbons (Fsp3) is 0.400. The fourth-order valence-electron chi connectivity index (χ4n) is 5.07. The van der Waals surface area contributed by atoms with Crippen LogP contribution in [0.4, 0.5) is 5.82 Å². The second kappa shape index (κ2) is 7.59. The molecular formula is C25H28N6O2. The predicted octanol–water partition coefficient (Wildman–Crippen LogP) is 2.05. The summed E-state index contributed by atoms with van der Waals surface area (Å²) in [5.74, 6) is 1.26. The Balaban J connectivity index is 1.59. The van der Waals surface area contributed by atoms with Gasteiger partial charge < -0.3 is 10.6 Å². The van der Waals surface area contributed by atoms with Gasteiger partial charge in [0.2, 0.25) is 0 Å². The zero-order valence-electron chi connectivity index (χ0n) is 18.8. The van der Waals surface area contributed by atoms with Gasteiger partial charge in [0.05, 0.1) is 6.54 Å². The fourth-order valence-corrected chi connectivity index (χ4v) is 5.07. The van der Waals surface area contributed by atoms with E-state index in [1.54, 1.807) is 11.6 Å². The van der Waals surface area contributed by atoms with Crippen LogP contribution in [0.25, 0.3) is 21.8 Å². The number of rotatable bonds is 5. The first-order valence-electron chi connectivity index (χ1n) is 11.7. The third-order valence-electron chi connectivity index (χ3n) is 7.06. The minimum atomic E-state index is -0.293. The molecule has 33 heavy (non-hydrogen) atoms. The summed E-state index contributed by atoms with van der Waals surface area (Å²) in [4.78, 5) is 28.6. The lowest BCUT2D eigenvalue weighted by atomic mass is 10.0. The Morgan fingerprint density at radius 2 is 1.85 bits per heavy atom. The van der Waals surface area contributed by atoms with E-state index in [0.717, 1.165) is 48.0 Å². The maximum atomic E-state index is 13.4. The van der Waals surface area contributed by atoms with Crippen molar-refractivity contribution in [2.24, 2.45) is 18.7 Å². The molecule has 8 nitrogen and oxygen atoms in total. The normalized spacial score (nSPS) is 18.6. The summed E-state index contributed by atoms with van der Waals surface area (Å²) in [6.45, 7) is 2.55. The number of hydrogen-bond acceptors (Lipinski definition) is 5. The summed E-state index contributed by atoms with van der Waals surface area (Å²) in [7, 11) is 1.56. The highest BCUT2D eigenvalue weighted by atomic mass is 16.2. The zero-order chi connectivity index (χ0) is 22.7. The summed E-state index contributed by atoms with van der Waals surface area (Å²) in [5.41, 5.74) is 7.27. The quantitative estimate of drug-likeness (QED) is 0.509. The molecule has 1 aliphatic carbocycles. The smallest absolute Gasteiger partial charge is 0.332 e. The van der Waals surface area contributed by atoms with E-state index >= 15 is 0 Å². The molecule has 4 aromatic rings. The van der Waals surface area contributed by atoms with Gasteiger partial charge in [-0.05, 0) is 41.5 Å². The van der Waals surface area contributed by atoms with Gasteiger partial charge in [-0.25, -0.2) is 9.48 Å². The van der Waals surface area contributed by atoms with Crippen molar-refractivity contribution in [2.75, 3.05) is 18.0 Å². The number of fused-ring (bicyclic) bond motifs is 2. The van der Waals surface area contributed by atoms with Crippen molar-refractivity contribution in [1.29, 1.82) is 0 Å². The van der Waals surface area contributed by atoms with Crippen molar-refractivity contribution in [1.82, 2.24) is 18.9 Å². The Hall–Kier alpha value is -3.39. The second-order valence-corrected chi connectivity index (χ2v) is 9.51. The zero-order valence-corrected chi connectivity index (χ0v) is 18.8. The van der Waals surface area contributed by atoms with E-state index in [4.69, 9.17) is 10.8 Å². The van der Waals surface area contributed by atoms with Gasteiger partial charge in [-0.15, -0.1) is 0 Å². The van der Waals surface area contributed by atoms with E-state index in [9.17, 15) is 9.59 Å². The standard InChI is InChI=1S/C25H28N6O2/c1-28-24(32)21-22(30(25(28)33)13-16-9-10-16)27-31(23(21)29-12-11-19(26)15-29)14-18-7-4-6-17-5-2-3-8-20(17)18/h2-8,16,19H,9-15,26H2,1H3. The van der Waals surface area contributed by atoms with Crippen molar-refractivity contribution >= 4 is 27.6 Å². The molecule has 2 N–H and O–H groups in total. The van der Waals surface area contributed by atoms with Crippen LogP contribution in [0.3, 0.4) is 0 Å². The lowest BCUT2D eigenvalue weighted by Gasteiger charge is -2.20. The summed E-state index contributed by atoms with van der Waals surface area (Å²) < 4.78 is 4.84. The second-order valence-electron chi connectivity index (χ2n) is 9.51. The first kappa shape index (κ1) is 20.2. The molecular weight excluding hydrogens is 416 g/mol. The van der Waals surface area contributed by atoms with E-state index in [1.807, 2.05) is 22.9 Å². The van der Waals surface area contributed by atoms with Crippen LogP contribution < -0.4 is 21.9 Å². The molecule has 2 aromatic heterocycles. The first-order chi connectivity index (χ1) is 16.0. The average molecular weight is 445 g/mol. The van der Waals surface area contributed by atoms with Crippen molar-refractivity contribution in [2.45, 2.75) is 38.4 Å². The van der Waals surface area contributed by atoms with E-state index in [2.05, 4.69) is 29.2 Å². The number of aromatic nitrogens is 4. The highest BCUT2D eigenvalue weighted by Crippen LogP contribution is 2.33. The van der Waals surface area contributed by atoms with E-state index < -0.39 is 0 Å². The van der Waals surface area contributed by atoms with Gasteiger partial charge in [-0.2, -0.15) is 5.10 Å². The highest BCUT2D eigenvalue weighted by Gasteiger charge is 2.31.